The average Bonchev–Trinajstić information content (AvgIpc) is 3.07. The number of nitrogen functional groups attached to an aromatic ring is 1. The Morgan fingerprint density at radius 2 is 1.83 bits per heavy atom. The van der Waals surface area contributed by atoms with Crippen LogP contribution in [-0.2, 0) is 17.8 Å². The Kier molecular flexibility index (Phi) is 5.11. The minimum absolute atomic E-state index is 0.227. The van der Waals surface area contributed by atoms with Gasteiger partial charge in [-0.05, 0) is 36.1 Å². The third kappa shape index (κ3) is 3.76. The van der Waals surface area contributed by atoms with Crippen LogP contribution >= 0.6 is 11.6 Å². The normalized spacial score (nSPS) is 18.4. The Bertz CT molecular complexity index is 1170. The van der Waals surface area contributed by atoms with E-state index < -0.39 is 0 Å². The summed E-state index contributed by atoms with van der Waals surface area (Å²) in [6, 6.07) is 18.3. The van der Waals surface area contributed by atoms with E-state index in [1.54, 1.807) is 0 Å². The van der Waals surface area contributed by atoms with Gasteiger partial charge in [0.25, 0.3) is 0 Å². The van der Waals surface area contributed by atoms with Gasteiger partial charge in [0.15, 0.2) is 5.65 Å². The number of benzene rings is 2. The van der Waals surface area contributed by atoms with Crippen molar-refractivity contribution in [2.24, 2.45) is 0 Å². The average molecular weight is 420 g/mol. The van der Waals surface area contributed by atoms with Crippen LogP contribution in [0.2, 0.25) is 5.02 Å². The van der Waals surface area contributed by atoms with Gasteiger partial charge in [-0.25, -0.2) is 14.6 Å². The van der Waals surface area contributed by atoms with Gasteiger partial charge in [0.05, 0.1) is 29.8 Å². The Labute approximate surface area is 179 Å². The van der Waals surface area contributed by atoms with E-state index in [9.17, 15) is 0 Å². The summed E-state index contributed by atoms with van der Waals surface area (Å²) in [5, 5.41) is 6.42. The summed E-state index contributed by atoms with van der Waals surface area (Å²) in [5.41, 5.74) is 10.1. The van der Waals surface area contributed by atoms with Gasteiger partial charge in [0.1, 0.15) is 12.1 Å². The first kappa shape index (κ1) is 19.0. The molecule has 0 bridgehead atoms. The van der Waals surface area contributed by atoms with Crippen molar-refractivity contribution in [3.63, 3.8) is 0 Å². The molecule has 1 saturated carbocycles. The monoisotopic (exact) mass is 419 g/mol. The topological polar surface area (TPSA) is 78.9 Å². The minimum Gasteiger partial charge on any atom is -0.383 e. The van der Waals surface area contributed by atoms with Gasteiger partial charge in [-0.15, -0.1) is 0 Å². The van der Waals surface area contributed by atoms with Crippen molar-refractivity contribution >= 4 is 28.5 Å². The summed E-state index contributed by atoms with van der Waals surface area (Å²) in [7, 11) is 0. The zero-order valence-electron chi connectivity index (χ0n) is 16.4. The predicted octanol–water partition coefficient (Wildman–Crippen LogP) is 4.57. The third-order valence-corrected chi connectivity index (χ3v) is 5.83. The van der Waals surface area contributed by atoms with Crippen LogP contribution in [0.5, 0.6) is 0 Å². The molecule has 2 aromatic heterocycles. The van der Waals surface area contributed by atoms with Gasteiger partial charge in [0, 0.05) is 11.4 Å². The van der Waals surface area contributed by atoms with E-state index in [1.807, 2.05) is 47.1 Å². The lowest BCUT2D eigenvalue weighted by atomic mass is 9.89. The maximum Gasteiger partial charge on any atom is 0.163 e. The van der Waals surface area contributed by atoms with Crippen LogP contribution in [0.25, 0.3) is 11.0 Å². The molecular formula is C23H22ClN5O. The molecule has 1 aliphatic rings. The van der Waals surface area contributed by atoms with Gasteiger partial charge < -0.3 is 10.5 Å². The van der Waals surface area contributed by atoms with Crippen LogP contribution in [0.1, 0.15) is 35.7 Å². The quantitative estimate of drug-likeness (QED) is 0.495. The third-order valence-electron chi connectivity index (χ3n) is 5.60. The molecule has 152 valence electrons. The van der Waals surface area contributed by atoms with Crippen molar-refractivity contribution in [3.05, 3.63) is 82.8 Å². The fourth-order valence-electron chi connectivity index (χ4n) is 3.95. The maximum atomic E-state index is 6.20. The number of fused-ring (bicyclic) bond motifs is 1. The van der Waals surface area contributed by atoms with Crippen molar-refractivity contribution in [1.82, 2.24) is 19.7 Å². The van der Waals surface area contributed by atoms with Crippen molar-refractivity contribution in [1.29, 1.82) is 0 Å². The lowest BCUT2D eigenvalue weighted by molar-refractivity contribution is -0.0375. The number of hydrogen-bond donors (Lipinski definition) is 1. The van der Waals surface area contributed by atoms with Crippen LogP contribution in [0.4, 0.5) is 5.82 Å². The summed E-state index contributed by atoms with van der Waals surface area (Å²) < 4.78 is 8.05. The van der Waals surface area contributed by atoms with Crippen LogP contribution in [0.3, 0.4) is 0 Å². The Balaban J connectivity index is 1.35. The molecule has 0 unspecified atom stereocenters. The largest absolute Gasteiger partial charge is 0.383 e. The van der Waals surface area contributed by atoms with E-state index in [0.717, 1.165) is 35.1 Å². The van der Waals surface area contributed by atoms with Gasteiger partial charge >= 0.3 is 0 Å². The summed E-state index contributed by atoms with van der Waals surface area (Å²) in [5.74, 6) is 0.458. The van der Waals surface area contributed by atoms with Crippen molar-refractivity contribution in [2.45, 2.75) is 38.0 Å². The minimum atomic E-state index is 0.227. The van der Waals surface area contributed by atoms with Crippen LogP contribution in [-0.4, -0.2) is 25.9 Å². The Morgan fingerprint density at radius 1 is 1.03 bits per heavy atom. The molecule has 0 radical (unpaired) electrons. The number of aromatic nitrogens is 4. The molecule has 30 heavy (non-hydrogen) atoms. The van der Waals surface area contributed by atoms with Crippen molar-refractivity contribution in [3.8, 4) is 0 Å². The van der Waals surface area contributed by atoms with Crippen LogP contribution in [0, 0.1) is 0 Å². The molecule has 0 saturated heterocycles. The van der Waals surface area contributed by atoms with E-state index in [0.29, 0.717) is 23.9 Å². The molecule has 2 N–H and O–H groups in total. The van der Waals surface area contributed by atoms with Crippen LogP contribution < -0.4 is 5.73 Å². The van der Waals surface area contributed by atoms with E-state index in [4.69, 9.17) is 27.2 Å². The highest BCUT2D eigenvalue weighted by atomic mass is 35.5. The number of halogens is 1. The number of ether oxygens (including phenoxy) is 1. The molecule has 7 heteroatoms. The van der Waals surface area contributed by atoms with E-state index in [-0.39, 0.29) is 12.1 Å². The lowest BCUT2D eigenvalue weighted by Crippen LogP contribution is -2.34. The molecule has 2 aromatic carbocycles. The molecule has 0 spiro atoms. The Morgan fingerprint density at radius 3 is 2.63 bits per heavy atom. The smallest absolute Gasteiger partial charge is 0.163 e. The number of nitrogens with zero attached hydrogens (tertiary/aromatic N) is 4. The standard InChI is InChI=1S/C23H22ClN5O/c24-17-8-4-7-16(9-17)10-20-21-22(25)26-14-27-23(21)29(28-20)18-11-19(12-18)30-13-15-5-2-1-3-6-15/h1-9,14,18-19H,10-13H2,(H2,25,26,27)/t18-,19+. The summed E-state index contributed by atoms with van der Waals surface area (Å²) in [6.45, 7) is 0.632. The van der Waals surface area contributed by atoms with E-state index in [2.05, 4.69) is 22.1 Å². The van der Waals surface area contributed by atoms with E-state index >= 15 is 0 Å². The summed E-state index contributed by atoms with van der Waals surface area (Å²) in [4.78, 5) is 8.67. The van der Waals surface area contributed by atoms with Gasteiger partial charge in [0.2, 0.25) is 0 Å². The first-order valence-corrected chi connectivity index (χ1v) is 10.4. The molecule has 2 heterocycles. The first-order valence-electron chi connectivity index (χ1n) is 10.0. The SMILES string of the molecule is Nc1ncnc2c1c(Cc1cccc(Cl)c1)nn2[C@H]1C[C@@H](OCc2ccccc2)C1. The van der Waals surface area contributed by atoms with E-state index in [1.165, 1.54) is 11.9 Å². The number of rotatable bonds is 6. The first-order chi connectivity index (χ1) is 14.7. The summed E-state index contributed by atoms with van der Waals surface area (Å²) in [6.07, 6.45) is 4.17. The predicted molar refractivity (Wildman–Crippen MR) is 117 cm³/mol. The highest BCUT2D eigenvalue weighted by Crippen LogP contribution is 2.37. The molecule has 5 rings (SSSR count). The maximum absolute atomic E-state index is 6.20. The van der Waals surface area contributed by atoms with Crippen LogP contribution in [0.15, 0.2) is 60.9 Å². The second-order valence-electron chi connectivity index (χ2n) is 7.70. The summed E-state index contributed by atoms with van der Waals surface area (Å²) >= 11 is 6.15. The highest BCUT2D eigenvalue weighted by molar-refractivity contribution is 6.30. The van der Waals surface area contributed by atoms with Crippen molar-refractivity contribution < 1.29 is 4.74 Å². The molecule has 0 atom stereocenters. The highest BCUT2D eigenvalue weighted by Gasteiger charge is 2.34. The number of hydrogen-bond acceptors (Lipinski definition) is 5. The molecule has 1 fully saturated rings. The number of nitrogens with two attached hydrogens (primary N) is 1. The molecule has 4 aromatic rings. The number of anilines is 1. The molecular weight excluding hydrogens is 398 g/mol. The molecule has 0 aliphatic heterocycles. The van der Waals surface area contributed by atoms with Gasteiger partial charge in [-0.1, -0.05) is 54.1 Å². The fourth-order valence-corrected chi connectivity index (χ4v) is 4.16. The zero-order chi connectivity index (χ0) is 20.5. The lowest BCUT2D eigenvalue weighted by Gasteiger charge is -2.35. The molecule has 0 amide bonds. The second kappa shape index (κ2) is 8.05. The van der Waals surface area contributed by atoms with Crippen molar-refractivity contribution in [2.75, 3.05) is 5.73 Å². The Hall–Kier alpha value is -2.96. The molecule has 1 aliphatic carbocycles. The van der Waals surface area contributed by atoms with Gasteiger partial charge in [-0.3, -0.25) is 0 Å². The zero-order valence-corrected chi connectivity index (χ0v) is 17.2. The molecule has 6 nitrogen and oxygen atoms in total. The fraction of sp³-hybridized carbons (Fsp3) is 0.261. The second-order valence-corrected chi connectivity index (χ2v) is 8.14. The van der Waals surface area contributed by atoms with Gasteiger partial charge in [-0.2, -0.15) is 5.10 Å².